The lowest BCUT2D eigenvalue weighted by atomic mass is 10.2. The van der Waals surface area contributed by atoms with E-state index in [1.54, 1.807) is 0 Å². The van der Waals surface area contributed by atoms with Crippen LogP contribution < -0.4 is 0 Å². The topological polar surface area (TPSA) is 60.9 Å². The van der Waals surface area contributed by atoms with Gasteiger partial charge in [0, 0.05) is 19.6 Å². The number of nitrogens with zero attached hydrogens (tertiary/aromatic N) is 2. The first-order chi connectivity index (χ1) is 6.16. The zero-order chi connectivity index (χ0) is 11.5. The Hall–Kier alpha value is -0.170. The highest BCUT2D eigenvalue weighted by atomic mass is 32.2. The van der Waals surface area contributed by atoms with Crippen LogP contribution in [0.2, 0.25) is 0 Å². The van der Waals surface area contributed by atoms with Crippen LogP contribution in [0.5, 0.6) is 0 Å². The summed E-state index contributed by atoms with van der Waals surface area (Å²) in [6.07, 6.45) is 0.449. The minimum absolute atomic E-state index is 0.0702. The van der Waals surface area contributed by atoms with E-state index < -0.39 is 16.1 Å². The molecule has 0 aliphatic heterocycles. The first-order valence-corrected chi connectivity index (χ1v) is 6.27. The van der Waals surface area contributed by atoms with E-state index in [-0.39, 0.29) is 12.6 Å². The van der Waals surface area contributed by atoms with Crippen LogP contribution >= 0.6 is 0 Å². The van der Waals surface area contributed by atoms with Crippen molar-refractivity contribution >= 4 is 10.0 Å². The Bertz CT molecular complexity index is 264. The Morgan fingerprint density at radius 3 is 2.00 bits per heavy atom. The highest BCUT2D eigenvalue weighted by molar-refractivity contribution is 7.88. The van der Waals surface area contributed by atoms with Crippen molar-refractivity contribution < 1.29 is 13.5 Å². The average molecular weight is 224 g/mol. The molecule has 6 heteroatoms. The van der Waals surface area contributed by atoms with Crippen molar-refractivity contribution in [2.24, 2.45) is 0 Å². The predicted molar refractivity (Wildman–Crippen MR) is 56.6 cm³/mol. The molecule has 0 bridgehead atoms. The third-order valence-electron chi connectivity index (χ3n) is 2.38. The van der Waals surface area contributed by atoms with Gasteiger partial charge in [-0.2, -0.15) is 0 Å². The number of aliphatic hydroxyl groups excluding tert-OH is 1. The lowest BCUT2D eigenvalue weighted by Gasteiger charge is -2.27. The maximum Gasteiger partial charge on any atom is 0.211 e. The molecule has 0 aromatic carbocycles. The summed E-state index contributed by atoms with van der Waals surface area (Å²) in [5.74, 6) is 0. The van der Waals surface area contributed by atoms with E-state index in [0.29, 0.717) is 0 Å². The lowest BCUT2D eigenvalue weighted by molar-refractivity contribution is 0.0733. The second kappa shape index (κ2) is 5.06. The fourth-order valence-corrected chi connectivity index (χ4v) is 1.32. The molecule has 2 atom stereocenters. The smallest absolute Gasteiger partial charge is 0.211 e. The molecule has 5 nitrogen and oxygen atoms in total. The third-order valence-corrected chi connectivity index (χ3v) is 3.66. The minimum Gasteiger partial charge on any atom is -0.390 e. The standard InChI is InChI=1S/C8H20N2O3S/c1-7(9(2)3)8(11)6-10(4)14(5,12)13/h7-8,11H,6H2,1-5H3/t7-,8+/m0/s1. The van der Waals surface area contributed by atoms with Crippen LogP contribution in [-0.4, -0.2) is 68.8 Å². The molecule has 1 N–H and O–H groups in total. The summed E-state index contributed by atoms with van der Waals surface area (Å²) in [4.78, 5) is 1.85. The van der Waals surface area contributed by atoms with Crippen LogP contribution in [-0.2, 0) is 10.0 Å². The summed E-state index contributed by atoms with van der Waals surface area (Å²) in [6, 6.07) is -0.0702. The Kier molecular flexibility index (Phi) is 5.00. The maximum absolute atomic E-state index is 11.1. The largest absolute Gasteiger partial charge is 0.390 e. The molecule has 0 fully saturated rings. The zero-order valence-corrected chi connectivity index (χ0v) is 10.2. The van der Waals surface area contributed by atoms with E-state index in [9.17, 15) is 13.5 Å². The van der Waals surface area contributed by atoms with Gasteiger partial charge in [-0.3, -0.25) is 0 Å². The van der Waals surface area contributed by atoms with Gasteiger partial charge >= 0.3 is 0 Å². The highest BCUT2D eigenvalue weighted by Gasteiger charge is 2.21. The van der Waals surface area contributed by atoms with Crippen LogP contribution in [0, 0.1) is 0 Å². The summed E-state index contributed by atoms with van der Waals surface area (Å²) in [5.41, 5.74) is 0. The quantitative estimate of drug-likeness (QED) is 0.663. The molecule has 86 valence electrons. The lowest BCUT2D eigenvalue weighted by Crippen LogP contribution is -2.44. The molecule has 0 saturated carbocycles. The van der Waals surface area contributed by atoms with Crippen molar-refractivity contribution in [1.29, 1.82) is 0 Å². The first-order valence-electron chi connectivity index (χ1n) is 4.42. The van der Waals surface area contributed by atoms with Gasteiger partial charge in [0.1, 0.15) is 0 Å². The van der Waals surface area contributed by atoms with E-state index in [2.05, 4.69) is 0 Å². The molecule has 14 heavy (non-hydrogen) atoms. The molecule has 0 aliphatic carbocycles. The van der Waals surface area contributed by atoms with E-state index >= 15 is 0 Å². The molecule has 0 radical (unpaired) electrons. The summed E-state index contributed by atoms with van der Waals surface area (Å²) in [5, 5.41) is 9.67. The molecule has 0 unspecified atom stereocenters. The normalized spacial score (nSPS) is 17.4. The van der Waals surface area contributed by atoms with Gasteiger partial charge in [0.15, 0.2) is 0 Å². The molecule has 0 aromatic heterocycles. The second-order valence-corrected chi connectivity index (χ2v) is 5.90. The third kappa shape index (κ3) is 4.36. The molecular formula is C8H20N2O3S. The number of likely N-dealkylation sites (N-methyl/N-ethyl adjacent to an activating group) is 2. The molecule has 0 heterocycles. The highest BCUT2D eigenvalue weighted by Crippen LogP contribution is 2.03. The Balaban J connectivity index is 4.27. The summed E-state index contributed by atoms with van der Waals surface area (Å²) >= 11 is 0. The van der Waals surface area contributed by atoms with E-state index in [1.807, 2.05) is 25.9 Å². The van der Waals surface area contributed by atoms with Gasteiger partial charge < -0.3 is 10.0 Å². The minimum atomic E-state index is -3.20. The van der Waals surface area contributed by atoms with Gasteiger partial charge in [-0.25, -0.2) is 12.7 Å². The first kappa shape index (κ1) is 13.8. The molecule has 0 amide bonds. The number of hydrogen-bond acceptors (Lipinski definition) is 4. The van der Waals surface area contributed by atoms with E-state index in [4.69, 9.17) is 0 Å². The van der Waals surface area contributed by atoms with Gasteiger partial charge in [-0.1, -0.05) is 0 Å². The molecule has 0 spiro atoms. The Morgan fingerprint density at radius 1 is 1.29 bits per heavy atom. The molecular weight excluding hydrogens is 204 g/mol. The van der Waals surface area contributed by atoms with E-state index in [0.717, 1.165) is 10.6 Å². The Morgan fingerprint density at radius 2 is 1.71 bits per heavy atom. The van der Waals surface area contributed by atoms with Crippen molar-refractivity contribution in [1.82, 2.24) is 9.21 Å². The van der Waals surface area contributed by atoms with Gasteiger partial charge in [-0.15, -0.1) is 0 Å². The second-order valence-electron chi connectivity index (χ2n) is 3.82. The number of rotatable bonds is 5. The molecule has 0 rings (SSSR count). The van der Waals surface area contributed by atoms with Crippen LogP contribution in [0.3, 0.4) is 0 Å². The van der Waals surface area contributed by atoms with Crippen LogP contribution in [0.4, 0.5) is 0 Å². The molecule has 0 aliphatic rings. The van der Waals surface area contributed by atoms with Crippen LogP contribution in [0.15, 0.2) is 0 Å². The van der Waals surface area contributed by atoms with Crippen molar-refractivity contribution in [3.8, 4) is 0 Å². The van der Waals surface area contributed by atoms with Gasteiger partial charge in [-0.05, 0) is 21.0 Å². The van der Waals surface area contributed by atoms with Gasteiger partial charge in [0.05, 0.1) is 12.4 Å². The van der Waals surface area contributed by atoms with E-state index in [1.165, 1.54) is 7.05 Å². The average Bonchev–Trinajstić information content (AvgIpc) is 2.00. The predicted octanol–water partition coefficient (Wildman–Crippen LogP) is -0.811. The van der Waals surface area contributed by atoms with Crippen molar-refractivity contribution in [2.45, 2.75) is 19.1 Å². The fourth-order valence-electron chi connectivity index (χ4n) is 0.896. The SMILES string of the molecule is C[C@@H]([C@H](O)CN(C)S(C)(=O)=O)N(C)C. The van der Waals surface area contributed by atoms with Crippen LogP contribution in [0.1, 0.15) is 6.92 Å². The summed E-state index contributed by atoms with van der Waals surface area (Å²) in [7, 11) is 1.94. The zero-order valence-electron chi connectivity index (χ0n) is 9.43. The number of hydrogen-bond donors (Lipinski definition) is 1. The monoisotopic (exact) mass is 224 g/mol. The summed E-state index contributed by atoms with van der Waals surface area (Å²) in [6.45, 7) is 1.97. The van der Waals surface area contributed by atoms with Crippen molar-refractivity contribution in [3.63, 3.8) is 0 Å². The maximum atomic E-state index is 11.1. The van der Waals surface area contributed by atoms with Gasteiger partial charge in [0.25, 0.3) is 0 Å². The molecule has 0 saturated heterocycles. The summed E-state index contributed by atoms with van der Waals surface area (Å²) < 4.78 is 23.3. The Labute approximate surface area is 86.4 Å². The number of sulfonamides is 1. The fraction of sp³-hybridized carbons (Fsp3) is 1.00. The molecule has 0 aromatic rings. The number of aliphatic hydroxyl groups is 1. The van der Waals surface area contributed by atoms with Crippen LogP contribution in [0.25, 0.3) is 0 Å². The van der Waals surface area contributed by atoms with Crippen molar-refractivity contribution in [2.75, 3.05) is 33.9 Å². The van der Waals surface area contributed by atoms with Gasteiger partial charge in [0.2, 0.25) is 10.0 Å². The van der Waals surface area contributed by atoms with Crippen molar-refractivity contribution in [3.05, 3.63) is 0 Å².